The predicted octanol–water partition coefficient (Wildman–Crippen LogP) is 4.56. The van der Waals surface area contributed by atoms with Gasteiger partial charge in [-0.15, -0.1) is 0 Å². The number of hydrogen-bond donors (Lipinski definition) is 1. The van der Waals surface area contributed by atoms with Crippen LogP contribution in [0.2, 0.25) is 0 Å². The predicted molar refractivity (Wildman–Crippen MR) is 99.1 cm³/mol. The lowest BCUT2D eigenvalue weighted by atomic mass is 9.76. The molecule has 2 aromatic carbocycles. The van der Waals surface area contributed by atoms with Gasteiger partial charge in [0.25, 0.3) is 0 Å². The van der Waals surface area contributed by atoms with E-state index in [0.29, 0.717) is 11.8 Å². The Kier molecular flexibility index (Phi) is 3.27. The second-order valence-electron chi connectivity index (χ2n) is 6.87. The van der Waals surface area contributed by atoms with Gasteiger partial charge in [-0.3, -0.25) is 4.98 Å². The molecule has 3 nitrogen and oxygen atoms in total. The monoisotopic (exact) mass is 328 g/mol. The van der Waals surface area contributed by atoms with E-state index in [1.807, 2.05) is 18.3 Å². The number of methoxy groups -OCH3 is 1. The van der Waals surface area contributed by atoms with Gasteiger partial charge in [0.15, 0.2) is 0 Å². The van der Waals surface area contributed by atoms with Crippen molar-refractivity contribution in [3.63, 3.8) is 0 Å². The molecular formula is C22H20N2O. The number of fused-ring (bicyclic) bond motifs is 5. The molecule has 124 valence electrons. The molecular weight excluding hydrogens is 308 g/mol. The highest BCUT2D eigenvalue weighted by molar-refractivity contribution is 5.64. The molecule has 1 aliphatic carbocycles. The molecule has 0 amide bonds. The Labute approximate surface area is 147 Å². The van der Waals surface area contributed by atoms with Gasteiger partial charge in [-0.2, -0.15) is 0 Å². The lowest BCUT2D eigenvalue weighted by molar-refractivity contribution is 0.401. The van der Waals surface area contributed by atoms with Crippen molar-refractivity contribution >= 4 is 5.69 Å². The lowest BCUT2D eigenvalue weighted by Crippen LogP contribution is -2.30. The second-order valence-corrected chi connectivity index (χ2v) is 6.87. The van der Waals surface area contributed by atoms with Gasteiger partial charge >= 0.3 is 0 Å². The van der Waals surface area contributed by atoms with E-state index in [1.165, 1.54) is 22.4 Å². The summed E-state index contributed by atoms with van der Waals surface area (Å²) in [5.74, 6) is 1.77. The molecule has 0 bridgehead atoms. The van der Waals surface area contributed by atoms with Gasteiger partial charge in [-0.25, -0.2) is 0 Å². The summed E-state index contributed by atoms with van der Waals surface area (Å²) in [5.41, 5.74) is 6.54. The number of pyridine rings is 1. The third-order valence-electron chi connectivity index (χ3n) is 5.61. The highest BCUT2D eigenvalue weighted by Crippen LogP contribution is 2.53. The van der Waals surface area contributed by atoms with E-state index in [9.17, 15) is 0 Å². The van der Waals surface area contributed by atoms with Gasteiger partial charge < -0.3 is 10.1 Å². The highest BCUT2D eigenvalue weighted by Gasteiger charge is 2.43. The molecule has 1 aromatic heterocycles. The number of aromatic nitrogens is 1. The van der Waals surface area contributed by atoms with E-state index in [2.05, 4.69) is 58.8 Å². The maximum absolute atomic E-state index is 5.49. The smallest absolute Gasteiger partial charge is 0.119 e. The Hall–Kier alpha value is -2.81. The molecule has 3 unspecified atom stereocenters. The fraction of sp³-hybridized carbons (Fsp3) is 0.227. The Balaban J connectivity index is 1.69. The van der Waals surface area contributed by atoms with Crippen molar-refractivity contribution in [3.8, 4) is 5.75 Å². The Morgan fingerprint density at radius 2 is 1.88 bits per heavy atom. The van der Waals surface area contributed by atoms with Crippen LogP contribution in [0.5, 0.6) is 5.75 Å². The van der Waals surface area contributed by atoms with Crippen LogP contribution in [0.1, 0.15) is 34.3 Å². The summed E-state index contributed by atoms with van der Waals surface area (Å²) in [6.45, 7) is 0. The first-order valence-electron chi connectivity index (χ1n) is 8.78. The molecule has 1 aliphatic heterocycles. The van der Waals surface area contributed by atoms with Gasteiger partial charge in [0.05, 0.1) is 18.8 Å². The molecule has 0 saturated carbocycles. The van der Waals surface area contributed by atoms with Crippen LogP contribution in [-0.4, -0.2) is 12.1 Å². The van der Waals surface area contributed by atoms with E-state index in [1.54, 1.807) is 7.11 Å². The summed E-state index contributed by atoms with van der Waals surface area (Å²) >= 11 is 0. The number of anilines is 1. The van der Waals surface area contributed by atoms with Crippen LogP contribution >= 0.6 is 0 Å². The Morgan fingerprint density at radius 3 is 2.72 bits per heavy atom. The Morgan fingerprint density at radius 1 is 1.00 bits per heavy atom. The number of benzene rings is 2. The number of ether oxygens (including phenoxy) is 1. The first-order chi connectivity index (χ1) is 12.3. The van der Waals surface area contributed by atoms with E-state index in [0.717, 1.165) is 17.9 Å². The van der Waals surface area contributed by atoms with Crippen molar-refractivity contribution in [3.05, 3.63) is 89.2 Å². The molecule has 0 spiro atoms. The van der Waals surface area contributed by atoms with Crippen molar-refractivity contribution in [1.29, 1.82) is 0 Å². The summed E-state index contributed by atoms with van der Waals surface area (Å²) in [5, 5.41) is 3.75. The van der Waals surface area contributed by atoms with E-state index >= 15 is 0 Å². The summed E-state index contributed by atoms with van der Waals surface area (Å²) in [4.78, 5) is 4.65. The van der Waals surface area contributed by atoms with Crippen molar-refractivity contribution in [2.45, 2.75) is 18.4 Å². The van der Waals surface area contributed by atoms with Crippen molar-refractivity contribution in [2.24, 2.45) is 5.92 Å². The standard InChI is InChI=1S/C22H20N2O/c1-25-15-9-10-19-17(13-15)21-16-7-3-2-6-14(16)12-18(21)22(24-19)20-8-4-5-11-23-20/h2-11,13,18,21-22,24H,12H2,1H3. The molecule has 2 aliphatic rings. The molecule has 25 heavy (non-hydrogen) atoms. The topological polar surface area (TPSA) is 34.1 Å². The minimum absolute atomic E-state index is 0.222. The maximum Gasteiger partial charge on any atom is 0.119 e. The van der Waals surface area contributed by atoms with Crippen LogP contribution in [0.3, 0.4) is 0 Å². The number of nitrogens with one attached hydrogen (secondary N) is 1. The van der Waals surface area contributed by atoms with Crippen LogP contribution < -0.4 is 10.1 Å². The largest absolute Gasteiger partial charge is 0.497 e. The third-order valence-corrected chi connectivity index (χ3v) is 5.61. The number of rotatable bonds is 2. The number of hydrogen-bond acceptors (Lipinski definition) is 3. The second kappa shape index (κ2) is 5.62. The van der Waals surface area contributed by atoms with Crippen molar-refractivity contribution in [1.82, 2.24) is 4.98 Å². The van der Waals surface area contributed by atoms with Crippen LogP contribution in [0.4, 0.5) is 5.69 Å². The fourth-order valence-corrected chi connectivity index (χ4v) is 4.52. The molecule has 1 N–H and O–H groups in total. The van der Waals surface area contributed by atoms with Crippen LogP contribution in [-0.2, 0) is 6.42 Å². The average molecular weight is 328 g/mol. The fourth-order valence-electron chi connectivity index (χ4n) is 4.52. The molecule has 0 radical (unpaired) electrons. The highest BCUT2D eigenvalue weighted by atomic mass is 16.5. The maximum atomic E-state index is 5.49. The first-order valence-corrected chi connectivity index (χ1v) is 8.78. The summed E-state index contributed by atoms with van der Waals surface area (Å²) < 4.78 is 5.49. The van der Waals surface area contributed by atoms with Gasteiger partial charge in [0.1, 0.15) is 5.75 Å². The summed E-state index contributed by atoms with van der Waals surface area (Å²) in [7, 11) is 1.73. The summed E-state index contributed by atoms with van der Waals surface area (Å²) in [6, 6.07) is 21.6. The molecule has 2 heterocycles. The molecule has 0 fully saturated rings. The van der Waals surface area contributed by atoms with Crippen LogP contribution in [0.25, 0.3) is 0 Å². The van der Waals surface area contributed by atoms with Gasteiger partial charge in [0, 0.05) is 17.8 Å². The minimum atomic E-state index is 0.222. The SMILES string of the molecule is COc1ccc2c(c1)C1c3ccccc3CC1C(c1ccccn1)N2. The molecule has 3 heteroatoms. The van der Waals surface area contributed by atoms with Crippen LogP contribution in [0.15, 0.2) is 66.9 Å². The quantitative estimate of drug-likeness (QED) is 0.749. The lowest BCUT2D eigenvalue weighted by Gasteiger charge is -2.37. The van der Waals surface area contributed by atoms with E-state index in [4.69, 9.17) is 4.74 Å². The molecule has 0 saturated heterocycles. The third kappa shape index (κ3) is 2.23. The summed E-state index contributed by atoms with van der Waals surface area (Å²) in [6.07, 6.45) is 2.96. The number of nitrogens with zero attached hydrogens (tertiary/aromatic N) is 1. The molecule has 5 rings (SSSR count). The Bertz CT molecular complexity index is 922. The zero-order chi connectivity index (χ0) is 16.8. The van der Waals surface area contributed by atoms with Gasteiger partial charge in [-0.05, 0) is 59.4 Å². The zero-order valence-corrected chi connectivity index (χ0v) is 14.1. The van der Waals surface area contributed by atoms with Crippen molar-refractivity contribution < 1.29 is 4.74 Å². The van der Waals surface area contributed by atoms with Gasteiger partial charge in [0.2, 0.25) is 0 Å². The first kappa shape index (κ1) is 14.5. The van der Waals surface area contributed by atoms with Crippen molar-refractivity contribution in [2.75, 3.05) is 12.4 Å². The normalized spacial score (nSPS) is 23.2. The van der Waals surface area contributed by atoms with Gasteiger partial charge in [-0.1, -0.05) is 30.3 Å². The average Bonchev–Trinajstić information content (AvgIpc) is 3.07. The minimum Gasteiger partial charge on any atom is -0.497 e. The zero-order valence-electron chi connectivity index (χ0n) is 14.1. The van der Waals surface area contributed by atoms with E-state index in [-0.39, 0.29) is 6.04 Å². The molecule has 3 aromatic rings. The molecule has 3 atom stereocenters. The van der Waals surface area contributed by atoms with E-state index < -0.39 is 0 Å². The van der Waals surface area contributed by atoms with Crippen LogP contribution in [0, 0.1) is 5.92 Å².